The van der Waals surface area contributed by atoms with Crippen LogP contribution in [0.15, 0.2) is 48.7 Å². The number of para-hydroxylation sites is 1. The van der Waals surface area contributed by atoms with E-state index in [1.165, 1.54) is 0 Å². The van der Waals surface area contributed by atoms with Gasteiger partial charge in [0.2, 0.25) is 5.91 Å². The van der Waals surface area contributed by atoms with Crippen molar-refractivity contribution in [2.45, 2.75) is 13.5 Å². The number of aryl methyl sites for hydroxylation is 1. The molecule has 0 aliphatic rings. The first-order valence-corrected chi connectivity index (χ1v) is 8.25. The van der Waals surface area contributed by atoms with Crippen LogP contribution < -0.4 is 10.6 Å². The molecule has 0 unspecified atom stereocenters. The van der Waals surface area contributed by atoms with Crippen LogP contribution in [0.4, 0.5) is 11.5 Å². The smallest absolute Gasteiger partial charge is 0.246 e. The lowest BCUT2D eigenvalue weighted by Gasteiger charge is -2.18. The van der Waals surface area contributed by atoms with Crippen molar-refractivity contribution in [1.82, 2.24) is 19.5 Å². The maximum absolute atomic E-state index is 12.8. The first-order valence-electron chi connectivity index (χ1n) is 8.25. The molecule has 1 aromatic carbocycles. The van der Waals surface area contributed by atoms with E-state index in [1.807, 2.05) is 54.0 Å². The highest BCUT2D eigenvalue weighted by Crippen LogP contribution is 2.27. The summed E-state index contributed by atoms with van der Waals surface area (Å²) in [6.07, 6.45) is 1.70. The average molecular weight is 346 g/mol. The molecule has 2 N–H and O–H groups in total. The molecule has 4 rings (SSSR count). The van der Waals surface area contributed by atoms with E-state index >= 15 is 0 Å². The molecule has 0 aliphatic heterocycles. The predicted molar refractivity (Wildman–Crippen MR) is 102 cm³/mol. The zero-order valence-electron chi connectivity index (χ0n) is 14.5. The highest BCUT2D eigenvalue weighted by Gasteiger charge is 2.19. The van der Waals surface area contributed by atoms with Crippen molar-refractivity contribution >= 4 is 39.5 Å². The molecule has 130 valence electrons. The molecule has 0 saturated carbocycles. The Morgan fingerprint density at radius 1 is 1.12 bits per heavy atom. The molecule has 4 aromatic rings. The van der Waals surface area contributed by atoms with Crippen molar-refractivity contribution in [1.29, 1.82) is 0 Å². The van der Waals surface area contributed by atoms with Gasteiger partial charge in [0, 0.05) is 18.9 Å². The SMILES string of the molecule is Cc1nc2c(N)nc3cccnc3c2n1CC(=O)N(C)c1ccccc1. The van der Waals surface area contributed by atoms with E-state index in [2.05, 4.69) is 15.0 Å². The first kappa shape index (κ1) is 16.0. The zero-order chi connectivity index (χ0) is 18.3. The molecule has 7 heteroatoms. The molecule has 0 saturated heterocycles. The first-order chi connectivity index (χ1) is 12.6. The van der Waals surface area contributed by atoms with Gasteiger partial charge in [-0.1, -0.05) is 18.2 Å². The van der Waals surface area contributed by atoms with E-state index in [4.69, 9.17) is 5.73 Å². The van der Waals surface area contributed by atoms with Gasteiger partial charge in [0.15, 0.2) is 5.82 Å². The fraction of sp³-hybridized carbons (Fsp3) is 0.158. The number of aromatic nitrogens is 4. The Morgan fingerprint density at radius 3 is 2.65 bits per heavy atom. The minimum absolute atomic E-state index is 0.0573. The Labute approximate surface area is 150 Å². The second-order valence-corrected chi connectivity index (χ2v) is 6.10. The van der Waals surface area contributed by atoms with Crippen LogP contribution in [0.1, 0.15) is 5.82 Å². The standard InChI is InChI=1S/C19H18N6O/c1-12-22-17-18(16-14(23-19(17)20)9-6-10-21-16)25(12)11-15(26)24(2)13-7-4-3-5-8-13/h3-10H,11H2,1-2H3,(H2,20,23). The van der Waals surface area contributed by atoms with Crippen LogP contribution in [-0.4, -0.2) is 32.5 Å². The van der Waals surface area contributed by atoms with Crippen LogP contribution in [0, 0.1) is 6.92 Å². The molecule has 1 amide bonds. The van der Waals surface area contributed by atoms with E-state index < -0.39 is 0 Å². The van der Waals surface area contributed by atoms with Crippen molar-refractivity contribution in [2.75, 3.05) is 17.7 Å². The molecular weight excluding hydrogens is 328 g/mol. The molecule has 3 heterocycles. The maximum atomic E-state index is 12.8. The number of anilines is 2. The van der Waals surface area contributed by atoms with E-state index in [1.54, 1.807) is 18.1 Å². The van der Waals surface area contributed by atoms with Gasteiger partial charge in [-0.3, -0.25) is 9.78 Å². The normalized spacial score (nSPS) is 11.2. The highest BCUT2D eigenvalue weighted by atomic mass is 16.2. The van der Waals surface area contributed by atoms with Gasteiger partial charge in [-0.15, -0.1) is 0 Å². The zero-order valence-corrected chi connectivity index (χ0v) is 14.5. The topological polar surface area (TPSA) is 89.9 Å². The summed E-state index contributed by atoms with van der Waals surface area (Å²) in [5.41, 5.74) is 9.59. The lowest BCUT2D eigenvalue weighted by Crippen LogP contribution is -2.30. The lowest BCUT2D eigenvalue weighted by molar-refractivity contribution is -0.118. The van der Waals surface area contributed by atoms with Crippen LogP contribution in [0.3, 0.4) is 0 Å². The van der Waals surface area contributed by atoms with Gasteiger partial charge in [0.1, 0.15) is 28.9 Å². The number of amides is 1. The highest BCUT2D eigenvalue weighted by molar-refractivity contribution is 6.05. The van der Waals surface area contributed by atoms with Crippen LogP contribution >= 0.6 is 0 Å². The van der Waals surface area contributed by atoms with E-state index in [-0.39, 0.29) is 12.5 Å². The minimum atomic E-state index is -0.0573. The number of benzene rings is 1. The number of likely N-dealkylation sites (N-methyl/N-ethyl adjacent to an activating group) is 1. The Bertz CT molecular complexity index is 1120. The fourth-order valence-corrected chi connectivity index (χ4v) is 3.07. The van der Waals surface area contributed by atoms with Crippen molar-refractivity contribution in [3.63, 3.8) is 0 Å². The number of nitrogens with two attached hydrogens (primary N) is 1. The summed E-state index contributed by atoms with van der Waals surface area (Å²) in [5, 5.41) is 0. The van der Waals surface area contributed by atoms with Gasteiger partial charge in [0.25, 0.3) is 0 Å². The number of carbonyl (C=O) groups is 1. The fourth-order valence-electron chi connectivity index (χ4n) is 3.07. The summed E-state index contributed by atoms with van der Waals surface area (Å²) >= 11 is 0. The monoisotopic (exact) mass is 346 g/mol. The lowest BCUT2D eigenvalue weighted by atomic mass is 10.2. The van der Waals surface area contributed by atoms with Gasteiger partial charge in [-0.05, 0) is 31.2 Å². The summed E-state index contributed by atoms with van der Waals surface area (Å²) in [6, 6.07) is 13.2. The summed E-state index contributed by atoms with van der Waals surface area (Å²) in [6.45, 7) is 1.99. The number of pyridine rings is 2. The van der Waals surface area contributed by atoms with E-state index in [0.29, 0.717) is 28.2 Å². The number of hydrogen-bond donors (Lipinski definition) is 1. The largest absolute Gasteiger partial charge is 0.382 e. The number of carbonyl (C=O) groups excluding carboxylic acids is 1. The summed E-state index contributed by atoms with van der Waals surface area (Å²) in [5.74, 6) is 0.978. The Kier molecular flexibility index (Phi) is 3.76. The van der Waals surface area contributed by atoms with Gasteiger partial charge >= 0.3 is 0 Å². The summed E-state index contributed by atoms with van der Waals surface area (Å²) in [4.78, 5) is 27.8. The van der Waals surface area contributed by atoms with Gasteiger partial charge in [-0.2, -0.15) is 0 Å². The Balaban J connectivity index is 1.82. The molecule has 7 nitrogen and oxygen atoms in total. The number of imidazole rings is 1. The molecule has 0 bridgehead atoms. The van der Waals surface area contributed by atoms with Crippen LogP contribution in [-0.2, 0) is 11.3 Å². The van der Waals surface area contributed by atoms with Crippen molar-refractivity contribution in [2.24, 2.45) is 0 Å². The number of fused-ring (bicyclic) bond motifs is 3. The quantitative estimate of drug-likeness (QED) is 0.616. The number of nitrogen functional groups attached to an aromatic ring is 1. The summed E-state index contributed by atoms with van der Waals surface area (Å²) in [7, 11) is 1.76. The molecule has 3 aromatic heterocycles. The molecule has 0 atom stereocenters. The van der Waals surface area contributed by atoms with Crippen molar-refractivity contribution < 1.29 is 4.79 Å². The Hall–Kier alpha value is -3.48. The average Bonchev–Trinajstić information content (AvgIpc) is 2.99. The molecule has 26 heavy (non-hydrogen) atoms. The number of nitrogens with zero attached hydrogens (tertiary/aromatic N) is 5. The van der Waals surface area contributed by atoms with Crippen LogP contribution in [0.25, 0.3) is 22.1 Å². The van der Waals surface area contributed by atoms with Crippen molar-refractivity contribution in [3.05, 3.63) is 54.5 Å². The molecule has 0 spiro atoms. The third-order valence-corrected chi connectivity index (χ3v) is 4.46. The van der Waals surface area contributed by atoms with Crippen LogP contribution in [0.5, 0.6) is 0 Å². The third-order valence-electron chi connectivity index (χ3n) is 4.46. The second-order valence-electron chi connectivity index (χ2n) is 6.10. The van der Waals surface area contributed by atoms with E-state index in [9.17, 15) is 4.79 Å². The van der Waals surface area contributed by atoms with Gasteiger partial charge in [-0.25, -0.2) is 9.97 Å². The van der Waals surface area contributed by atoms with Gasteiger partial charge in [0.05, 0.1) is 5.52 Å². The third kappa shape index (κ3) is 2.54. The molecule has 0 aliphatic carbocycles. The maximum Gasteiger partial charge on any atom is 0.246 e. The second kappa shape index (κ2) is 6.11. The molecule has 0 fully saturated rings. The van der Waals surface area contributed by atoms with Crippen LogP contribution in [0.2, 0.25) is 0 Å². The minimum Gasteiger partial charge on any atom is -0.382 e. The van der Waals surface area contributed by atoms with Gasteiger partial charge < -0.3 is 15.2 Å². The number of hydrogen-bond acceptors (Lipinski definition) is 5. The van der Waals surface area contributed by atoms with Crippen molar-refractivity contribution in [3.8, 4) is 0 Å². The molecule has 0 radical (unpaired) electrons. The summed E-state index contributed by atoms with van der Waals surface area (Å²) < 4.78 is 1.85. The Morgan fingerprint density at radius 2 is 1.88 bits per heavy atom. The predicted octanol–water partition coefficient (Wildman–Crippen LogP) is 2.53. The van der Waals surface area contributed by atoms with E-state index in [0.717, 1.165) is 11.2 Å². The molecular formula is C19H18N6O. The number of rotatable bonds is 3.